The molecule has 0 radical (unpaired) electrons. The summed E-state index contributed by atoms with van der Waals surface area (Å²) < 4.78 is 1.57. The van der Waals surface area contributed by atoms with Gasteiger partial charge in [-0.25, -0.2) is 14.6 Å². The Labute approximate surface area is 90.5 Å². The van der Waals surface area contributed by atoms with Gasteiger partial charge in [0, 0.05) is 11.8 Å². The summed E-state index contributed by atoms with van der Waals surface area (Å²) in [6.07, 6.45) is 6.31. The van der Waals surface area contributed by atoms with Crippen molar-refractivity contribution in [3.05, 3.63) is 35.5 Å². The number of rotatable bonds is 2. The minimum absolute atomic E-state index is 0.341. The fourth-order valence-electron chi connectivity index (χ4n) is 1.07. The third-order valence-electron chi connectivity index (χ3n) is 1.68. The highest BCUT2D eigenvalue weighted by molar-refractivity contribution is 6.30. The first-order valence-electron chi connectivity index (χ1n) is 3.86. The zero-order chi connectivity index (χ0) is 9.97. The second kappa shape index (κ2) is 3.94. The van der Waals surface area contributed by atoms with Gasteiger partial charge in [-0.1, -0.05) is 11.6 Å². The van der Waals surface area contributed by atoms with Gasteiger partial charge in [0.25, 0.3) is 0 Å². The maximum absolute atomic E-state index is 5.75. The van der Waals surface area contributed by atoms with E-state index < -0.39 is 0 Å². The van der Waals surface area contributed by atoms with Crippen LogP contribution < -0.4 is 0 Å². The third-order valence-corrected chi connectivity index (χ3v) is 2.16. The standard InChI is InChI=1S/C8H6Cl2N4/c9-1-6-2-11-5-12-8(6)14-4-7(10)3-13-14/h2-5H,1H2. The average Bonchev–Trinajstić information content (AvgIpc) is 2.65. The van der Waals surface area contributed by atoms with Crippen molar-refractivity contribution in [2.45, 2.75) is 5.88 Å². The molecule has 0 atom stereocenters. The zero-order valence-electron chi connectivity index (χ0n) is 7.06. The molecule has 0 spiro atoms. The highest BCUT2D eigenvalue weighted by atomic mass is 35.5. The molecule has 0 N–H and O–H groups in total. The molecule has 4 nitrogen and oxygen atoms in total. The molecule has 0 aliphatic carbocycles. The van der Waals surface area contributed by atoms with Crippen molar-refractivity contribution < 1.29 is 0 Å². The van der Waals surface area contributed by atoms with E-state index in [0.717, 1.165) is 5.56 Å². The minimum atomic E-state index is 0.341. The molecular weight excluding hydrogens is 223 g/mol. The number of nitrogens with zero attached hydrogens (tertiary/aromatic N) is 4. The lowest BCUT2D eigenvalue weighted by atomic mass is 10.3. The molecule has 0 aliphatic rings. The number of aromatic nitrogens is 4. The predicted molar refractivity (Wildman–Crippen MR) is 53.7 cm³/mol. The summed E-state index contributed by atoms with van der Waals surface area (Å²) in [6.45, 7) is 0. The van der Waals surface area contributed by atoms with Crippen molar-refractivity contribution in [3.8, 4) is 5.82 Å². The highest BCUT2D eigenvalue weighted by Gasteiger charge is 2.06. The van der Waals surface area contributed by atoms with Gasteiger partial charge >= 0.3 is 0 Å². The van der Waals surface area contributed by atoms with Crippen molar-refractivity contribution >= 4 is 23.2 Å². The summed E-state index contributed by atoms with van der Waals surface area (Å²) in [5, 5.41) is 4.59. The van der Waals surface area contributed by atoms with Crippen LogP contribution in [0.25, 0.3) is 5.82 Å². The first-order valence-corrected chi connectivity index (χ1v) is 4.78. The second-order valence-electron chi connectivity index (χ2n) is 2.61. The maximum atomic E-state index is 5.75. The van der Waals surface area contributed by atoms with E-state index in [-0.39, 0.29) is 0 Å². The van der Waals surface area contributed by atoms with E-state index in [1.54, 1.807) is 23.3 Å². The van der Waals surface area contributed by atoms with Crippen LogP contribution in [-0.4, -0.2) is 19.7 Å². The van der Waals surface area contributed by atoms with Crippen molar-refractivity contribution in [1.29, 1.82) is 0 Å². The molecule has 0 aromatic carbocycles. The van der Waals surface area contributed by atoms with Crippen LogP contribution in [0.1, 0.15) is 5.56 Å². The lowest BCUT2D eigenvalue weighted by molar-refractivity contribution is 0.827. The van der Waals surface area contributed by atoms with E-state index in [0.29, 0.717) is 16.7 Å². The largest absolute Gasteiger partial charge is 0.244 e. The van der Waals surface area contributed by atoms with Gasteiger partial charge in [0.2, 0.25) is 0 Å². The minimum Gasteiger partial charge on any atom is -0.244 e. The quantitative estimate of drug-likeness (QED) is 0.740. The molecule has 72 valence electrons. The third kappa shape index (κ3) is 1.71. The summed E-state index contributed by atoms with van der Waals surface area (Å²) in [5.74, 6) is 0.995. The summed E-state index contributed by atoms with van der Waals surface area (Å²) in [7, 11) is 0. The molecule has 2 aromatic heterocycles. The molecule has 2 aromatic rings. The Hall–Kier alpha value is -1.13. The smallest absolute Gasteiger partial charge is 0.161 e. The summed E-state index contributed by atoms with van der Waals surface area (Å²) >= 11 is 11.5. The molecule has 0 bridgehead atoms. The Bertz CT molecular complexity index is 440. The lowest BCUT2D eigenvalue weighted by Crippen LogP contribution is -2.02. The van der Waals surface area contributed by atoms with Crippen molar-refractivity contribution in [2.24, 2.45) is 0 Å². The molecular formula is C8H6Cl2N4. The Morgan fingerprint density at radius 1 is 1.36 bits per heavy atom. The van der Waals surface area contributed by atoms with Crippen LogP contribution in [0.4, 0.5) is 0 Å². The molecule has 0 amide bonds. The molecule has 14 heavy (non-hydrogen) atoms. The van der Waals surface area contributed by atoms with Crippen LogP contribution in [0.3, 0.4) is 0 Å². The molecule has 0 saturated heterocycles. The fourth-order valence-corrected chi connectivity index (χ4v) is 1.39. The van der Waals surface area contributed by atoms with Crippen LogP contribution in [0.2, 0.25) is 5.02 Å². The van der Waals surface area contributed by atoms with E-state index in [2.05, 4.69) is 15.1 Å². The zero-order valence-corrected chi connectivity index (χ0v) is 8.57. The maximum Gasteiger partial charge on any atom is 0.161 e. The summed E-state index contributed by atoms with van der Waals surface area (Å²) in [5.41, 5.74) is 0.814. The number of hydrogen-bond donors (Lipinski definition) is 0. The van der Waals surface area contributed by atoms with Gasteiger partial charge in [0.1, 0.15) is 6.33 Å². The van der Waals surface area contributed by atoms with Crippen molar-refractivity contribution in [2.75, 3.05) is 0 Å². The SMILES string of the molecule is ClCc1cncnc1-n1cc(Cl)cn1. The predicted octanol–water partition coefficient (Wildman–Crippen LogP) is 2.05. The molecule has 6 heteroatoms. The molecule has 0 aliphatic heterocycles. The van der Waals surface area contributed by atoms with Gasteiger partial charge in [-0.15, -0.1) is 11.6 Å². The Balaban J connectivity index is 2.50. The summed E-state index contributed by atoms with van der Waals surface area (Å²) in [4.78, 5) is 7.96. The van der Waals surface area contributed by atoms with Gasteiger partial charge in [-0.3, -0.25) is 0 Å². The Kier molecular flexibility index (Phi) is 2.65. The highest BCUT2D eigenvalue weighted by Crippen LogP contribution is 2.14. The van der Waals surface area contributed by atoms with Crippen LogP contribution in [0.5, 0.6) is 0 Å². The van der Waals surface area contributed by atoms with Crippen LogP contribution in [-0.2, 0) is 5.88 Å². The lowest BCUT2D eigenvalue weighted by Gasteiger charge is -2.03. The van der Waals surface area contributed by atoms with Crippen molar-refractivity contribution in [1.82, 2.24) is 19.7 Å². The molecule has 0 saturated carbocycles. The normalized spacial score (nSPS) is 10.4. The van der Waals surface area contributed by atoms with Gasteiger partial charge in [0.15, 0.2) is 5.82 Å². The van der Waals surface area contributed by atoms with E-state index >= 15 is 0 Å². The fraction of sp³-hybridized carbons (Fsp3) is 0.125. The first kappa shape index (κ1) is 9.43. The van der Waals surface area contributed by atoms with Crippen molar-refractivity contribution in [3.63, 3.8) is 0 Å². The second-order valence-corrected chi connectivity index (χ2v) is 3.31. The number of alkyl halides is 1. The van der Waals surface area contributed by atoms with E-state index in [4.69, 9.17) is 23.2 Å². The van der Waals surface area contributed by atoms with Crippen LogP contribution in [0, 0.1) is 0 Å². The van der Waals surface area contributed by atoms with Gasteiger partial charge in [-0.05, 0) is 0 Å². The first-order chi connectivity index (χ1) is 6.81. The molecule has 2 rings (SSSR count). The Morgan fingerprint density at radius 3 is 2.86 bits per heavy atom. The van der Waals surface area contributed by atoms with Crippen LogP contribution in [0.15, 0.2) is 24.9 Å². The van der Waals surface area contributed by atoms with Crippen LogP contribution >= 0.6 is 23.2 Å². The number of hydrogen-bond acceptors (Lipinski definition) is 3. The van der Waals surface area contributed by atoms with Gasteiger partial charge < -0.3 is 0 Å². The summed E-state index contributed by atoms with van der Waals surface area (Å²) in [6, 6.07) is 0. The number of halogens is 2. The van der Waals surface area contributed by atoms with Gasteiger partial charge in [0.05, 0.1) is 23.3 Å². The van der Waals surface area contributed by atoms with E-state index in [1.165, 1.54) is 6.33 Å². The van der Waals surface area contributed by atoms with E-state index in [9.17, 15) is 0 Å². The molecule has 0 fully saturated rings. The average molecular weight is 229 g/mol. The monoisotopic (exact) mass is 228 g/mol. The Morgan fingerprint density at radius 2 is 2.21 bits per heavy atom. The molecule has 2 heterocycles. The topological polar surface area (TPSA) is 43.6 Å². The van der Waals surface area contributed by atoms with Gasteiger partial charge in [-0.2, -0.15) is 5.10 Å². The van der Waals surface area contributed by atoms with E-state index in [1.807, 2.05) is 0 Å². The molecule has 0 unspecified atom stereocenters.